The molecule has 0 fully saturated rings. The van der Waals surface area contributed by atoms with Gasteiger partial charge >= 0.3 is 0 Å². The number of carbonyl (C=O) groups is 1. The van der Waals surface area contributed by atoms with Crippen LogP contribution in [0.15, 0.2) is 40.9 Å². The molecule has 0 saturated heterocycles. The maximum Gasteiger partial charge on any atom is 0.268 e. The number of amides is 1. The molecule has 0 aliphatic carbocycles. The summed E-state index contributed by atoms with van der Waals surface area (Å²) in [6.07, 6.45) is 1.58. The van der Waals surface area contributed by atoms with Crippen LogP contribution in [0.2, 0.25) is 5.02 Å². The minimum atomic E-state index is -0.328. The summed E-state index contributed by atoms with van der Waals surface area (Å²) in [6.45, 7) is 0.0898. The Morgan fingerprint density at radius 3 is 2.79 bits per heavy atom. The predicted molar refractivity (Wildman–Crippen MR) is 86.0 cm³/mol. The Kier molecular flexibility index (Phi) is 4.31. The van der Waals surface area contributed by atoms with E-state index in [1.165, 1.54) is 6.07 Å². The summed E-state index contributed by atoms with van der Waals surface area (Å²) in [5.41, 5.74) is 1.54. The Morgan fingerprint density at radius 2 is 2.12 bits per heavy atom. The third-order valence-corrected chi connectivity index (χ3v) is 3.58. The number of nitrogens with zero attached hydrogens (tertiary/aromatic N) is 4. The summed E-state index contributed by atoms with van der Waals surface area (Å²) in [5.74, 6) is 0.301. The molecule has 0 spiro atoms. The summed E-state index contributed by atoms with van der Waals surface area (Å²) >= 11 is 5.84. The second-order valence-corrected chi connectivity index (χ2v) is 5.46. The minimum Gasteiger partial charge on any atom is -0.419 e. The summed E-state index contributed by atoms with van der Waals surface area (Å²) in [7, 11) is 1.70. The number of aromatic nitrogens is 3. The van der Waals surface area contributed by atoms with E-state index < -0.39 is 0 Å². The molecule has 1 amide bonds. The van der Waals surface area contributed by atoms with Gasteiger partial charge in [-0.1, -0.05) is 11.6 Å². The fourth-order valence-electron chi connectivity index (χ4n) is 2.13. The van der Waals surface area contributed by atoms with Crippen LogP contribution < -0.4 is 5.32 Å². The normalized spacial score (nSPS) is 10.4. The van der Waals surface area contributed by atoms with Gasteiger partial charge in [0.1, 0.15) is 11.8 Å². The molecule has 0 radical (unpaired) electrons. The first-order valence-electron chi connectivity index (χ1n) is 7.00. The molecule has 24 heavy (non-hydrogen) atoms. The lowest BCUT2D eigenvalue weighted by Gasteiger charge is -2.03. The lowest BCUT2D eigenvalue weighted by Crippen LogP contribution is -2.24. The summed E-state index contributed by atoms with van der Waals surface area (Å²) in [6, 6.07) is 10.5. The highest BCUT2D eigenvalue weighted by Crippen LogP contribution is 2.20. The Balaban J connectivity index is 1.67. The van der Waals surface area contributed by atoms with Crippen molar-refractivity contribution in [1.29, 1.82) is 5.26 Å². The van der Waals surface area contributed by atoms with Gasteiger partial charge in [0.05, 0.1) is 12.1 Å². The van der Waals surface area contributed by atoms with E-state index in [-0.39, 0.29) is 18.3 Å². The van der Waals surface area contributed by atoms with Gasteiger partial charge in [0.15, 0.2) is 0 Å². The standard InChI is InChI=1S/C16H12ClN5O2/c1-22-9-10(7-18)6-13(22)15(23)19-8-14-20-21-16(24-14)11-2-4-12(17)5-3-11/h2-6,9H,8H2,1H3,(H,19,23). The first-order chi connectivity index (χ1) is 11.6. The first-order valence-corrected chi connectivity index (χ1v) is 7.37. The number of benzene rings is 1. The van der Waals surface area contributed by atoms with E-state index in [0.717, 1.165) is 5.56 Å². The highest BCUT2D eigenvalue weighted by atomic mass is 35.5. The number of carbonyl (C=O) groups excluding carboxylic acids is 1. The van der Waals surface area contributed by atoms with Gasteiger partial charge in [-0.05, 0) is 30.3 Å². The summed E-state index contributed by atoms with van der Waals surface area (Å²) < 4.78 is 7.10. The van der Waals surface area contributed by atoms with Crippen molar-refractivity contribution in [3.8, 4) is 17.5 Å². The number of nitriles is 1. The largest absolute Gasteiger partial charge is 0.419 e. The van der Waals surface area contributed by atoms with Crippen molar-refractivity contribution >= 4 is 17.5 Å². The average molecular weight is 342 g/mol. The van der Waals surface area contributed by atoms with E-state index in [2.05, 4.69) is 15.5 Å². The van der Waals surface area contributed by atoms with Gasteiger partial charge in [-0.2, -0.15) is 5.26 Å². The van der Waals surface area contributed by atoms with Crippen molar-refractivity contribution in [2.45, 2.75) is 6.54 Å². The molecule has 0 bridgehead atoms. The van der Waals surface area contributed by atoms with E-state index in [9.17, 15) is 4.79 Å². The van der Waals surface area contributed by atoms with E-state index in [1.807, 2.05) is 6.07 Å². The number of aryl methyl sites for hydroxylation is 1. The molecular formula is C16H12ClN5O2. The molecule has 0 atom stereocenters. The van der Waals surface area contributed by atoms with Gasteiger partial charge < -0.3 is 14.3 Å². The van der Waals surface area contributed by atoms with Gasteiger partial charge in [-0.25, -0.2) is 0 Å². The molecule has 0 unspecified atom stereocenters. The highest BCUT2D eigenvalue weighted by molar-refractivity contribution is 6.30. The SMILES string of the molecule is Cn1cc(C#N)cc1C(=O)NCc1nnc(-c2ccc(Cl)cc2)o1. The first kappa shape index (κ1) is 15.8. The zero-order chi connectivity index (χ0) is 17.1. The van der Waals surface area contributed by atoms with Crippen molar-refractivity contribution in [2.75, 3.05) is 0 Å². The molecule has 2 aromatic heterocycles. The van der Waals surface area contributed by atoms with Crippen LogP contribution in [-0.2, 0) is 13.6 Å². The molecule has 120 valence electrons. The molecule has 0 aliphatic heterocycles. The van der Waals surface area contributed by atoms with Gasteiger partial charge in [0.25, 0.3) is 5.91 Å². The van der Waals surface area contributed by atoms with E-state index in [4.69, 9.17) is 21.3 Å². The van der Waals surface area contributed by atoms with Gasteiger partial charge in [-0.3, -0.25) is 4.79 Å². The number of rotatable bonds is 4. The number of nitrogens with one attached hydrogen (secondary N) is 1. The van der Waals surface area contributed by atoms with E-state index in [1.54, 1.807) is 42.1 Å². The lowest BCUT2D eigenvalue weighted by atomic mass is 10.2. The predicted octanol–water partition coefficient (Wildman–Crippen LogP) is 2.53. The van der Waals surface area contributed by atoms with Crippen LogP contribution in [0.1, 0.15) is 21.9 Å². The molecule has 8 heteroatoms. The average Bonchev–Trinajstić information content (AvgIpc) is 3.20. The van der Waals surface area contributed by atoms with Crippen molar-refractivity contribution in [3.63, 3.8) is 0 Å². The number of hydrogen-bond acceptors (Lipinski definition) is 5. The fourth-order valence-corrected chi connectivity index (χ4v) is 2.26. The quantitative estimate of drug-likeness (QED) is 0.786. The number of halogens is 1. The Hall–Kier alpha value is -3.11. The molecular weight excluding hydrogens is 330 g/mol. The molecule has 0 saturated carbocycles. The molecule has 7 nitrogen and oxygen atoms in total. The second-order valence-electron chi connectivity index (χ2n) is 5.03. The maximum absolute atomic E-state index is 12.1. The van der Waals surface area contributed by atoms with Crippen LogP contribution in [0.25, 0.3) is 11.5 Å². The second kappa shape index (κ2) is 6.56. The molecule has 3 aromatic rings. The van der Waals surface area contributed by atoms with Crippen LogP contribution in [0.3, 0.4) is 0 Å². The topological polar surface area (TPSA) is 96.7 Å². The third-order valence-electron chi connectivity index (χ3n) is 3.32. The molecule has 2 heterocycles. The van der Waals surface area contributed by atoms with Crippen molar-refractivity contribution in [2.24, 2.45) is 7.05 Å². The van der Waals surface area contributed by atoms with Gasteiger partial charge in [-0.15, -0.1) is 10.2 Å². The number of hydrogen-bond donors (Lipinski definition) is 1. The smallest absolute Gasteiger partial charge is 0.268 e. The Bertz CT molecular complexity index is 921. The van der Waals surface area contributed by atoms with Crippen molar-refractivity contribution in [3.05, 3.63) is 58.7 Å². The Morgan fingerprint density at radius 1 is 1.38 bits per heavy atom. The van der Waals surface area contributed by atoms with Crippen LogP contribution in [0.4, 0.5) is 0 Å². The Labute approximate surface area is 142 Å². The third kappa shape index (κ3) is 3.29. The maximum atomic E-state index is 12.1. The van der Waals surface area contributed by atoms with Gasteiger partial charge in [0, 0.05) is 23.8 Å². The highest BCUT2D eigenvalue weighted by Gasteiger charge is 2.14. The molecule has 1 N–H and O–H groups in total. The van der Waals surface area contributed by atoms with Crippen LogP contribution in [0, 0.1) is 11.3 Å². The summed E-state index contributed by atoms with van der Waals surface area (Å²) in [4.78, 5) is 12.1. The van der Waals surface area contributed by atoms with Crippen LogP contribution >= 0.6 is 11.6 Å². The van der Waals surface area contributed by atoms with Crippen LogP contribution in [-0.4, -0.2) is 20.7 Å². The molecule has 1 aromatic carbocycles. The zero-order valence-electron chi connectivity index (χ0n) is 12.7. The van der Waals surface area contributed by atoms with Crippen molar-refractivity contribution in [1.82, 2.24) is 20.1 Å². The minimum absolute atomic E-state index is 0.0898. The van der Waals surface area contributed by atoms with Crippen molar-refractivity contribution < 1.29 is 9.21 Å². The molecule has 3 rings (SSSR count). The molecule has 0 aliphatic rings. The summed E-state index contributed by atoms with van der Waals surface area (Å²) in [5, 5.41) is 20.0. The van der Waals surface area contributed by atoms with E-state index in [0.29, 0.717) is 22.2 Å². The van der Waals surface area contributed by atoms with E-state index >= 15 is 0 Å². The monoisotopic (exact) mass is 341 g/mol. The van der Waals surface area contributed by atoms with Gasteiger partial charge in [0.2, 0.25) is 11.8 Å². The lowest BCUT2D eigenvalue weighted by molar-refractivity contribution is 0.0939. The zero-order valence-corrected chi connectivity index (χ0v) is 13.4. The van der Waals surface area contributed by atoms with Crippen LogP contribution in [0.5, 0.6) is 0 Å². The fraction of sp³-hybridized carbons (Fsp3) is 0.125.